The highest BCUT2D eigenvalue weighted by Crippen LogP contribution is 2.41. The van der Waals surface area contributed by atoms with Crippen LogP contribution in [0.25, 0.3) is 15.3 Å². The lowest BCUT2D eigenvalue weighted by atomic mass is 9.87. The van der Waals surface area contributed by atoms with Crippen molar-refractivity contribution < 1.29 is 9.53 Å². The van der Waals surface area contributed by atoms with E-state index >= 15 is 0 Å². The number of anilines is 1. The van der Waals surface area contributed by atoms with Gasteiger partial charge in [-0.15, -0.1) is 0 Å². The second-order valence-electron chi connectivity index (χ2n) is 7.25. The van der Waals surface area contributed by atoms with E-state index in [0.29, 0.717) is 24.0 Å². The first-order valence-electron chi connectivity index (χ1n) is 10.0. The highest BCUT2D eigenvalue weighted by atomic mass is 32.1. The summed E-state index contributed by atoms with van der Waals surface area (Å²) in [5.74, 6) is 1.42. The predicted octanol–water partition coefficient (Wildman–Crippen LogP) is 3.88. The molecule has 4 aromatic rings. The van der Waals surface area contributed by atoms with Gasteiger partial charge in [-0.05, 0) is 44.5 Å². The van der Waals surface area contributed by atoms with Crippen molar-refractivity contribution >= 4 is 33.3 Å². The van der Waals surface area contributed by atoms with Gasteiger partial charge in [0, 0.05) is 30.6 Å². The minimum Gasteiger partial charge on any atom is -0.494 e. The van der Waals surface area contributed by atoms with E-state index in [2.05, 4.69) is 10.4 Å². The number of carbonyl (C=O) groups excluding carboxylic acids is 1. The molecule has 1 aliphatic rings. The third-order valence-corrected chi connectivity index (χ3v) is 6.32. The topological polar surface area (TPSA) is 86.9 Å². The van der Waals surface area contributed by atoms with E-state index in [1.165, 1.54) is 11.3 Å². The third kappa shape index (κ3) is 3.06. The number of aromatic nitrogens is 5. The molecule has 1 unspecified atom stereocenters. The monoisotopic (exact) mass is 422 g/mol. The van der Waals surface area contributed by atoms with Crippen molar-refractivity contribution in [2.24, 2.45) is 0 Å². The lowest BCUT2D eigenvalue weighted by Gasteiger charge is -2.22. The van der Waals surface area contributed by atoms with Gasteiger partial charge >= 0.3 is 0 Å². The van der Waals surface area contributed by atoms with Crippen LogP contribution in [0.2, 0.25) is 0 Å². The van der Waals surface area contributed by atoms with E-state index < -0.39 is 0 Å². The summed E-state index contributed by atoms with van der Waals surface area (Å²) in [6, 6.07) is 5.86. The summed E-state index contributed by atoms with van der Waals surface area (Å²) in [5, 5.41) is 12.9. The van der Waals surface area contributed by atoms with Crippen molar-refractivity contribution in [2.45, 2.75) is 39.7 Å². The zero-order chi connectivity index (χ0) is 20.8. The first kappa shape index (κ1) is 18.8. The second kappa shape index (κ2) is 7.24. The van der Waals surface area contributed by atoms with Gasteiger partial charge in [0.05, 0.1) is 28.7 Å². The van der Waals surface area contributed by atoms with Crippen LogP contribution < -0.4 is 10.1 Å². The Morgan fingerprint density at radius 3 is 2.97 bits per heavy atom. The van der Waals surface area contributed by atoms with E-state index in [0.717, 1.165) is 39.3 Å². The van der Waals surface area contributed by atoms with Crippen LogP contribution in [0.5, 0.6) is 5.75 Å². The number of ether oxygens (including phenoxy) is 1. The number of nitrogens with zero attached hydrogens (tertiary/aromatic N) is 5. The molecule has 5 rings (SSSR count). The molecule has 0 bridgehead atoms. The minimum atomic E-state index is -0.0678. The van der Waals surface area contributed by atoms with Gasteiger partial charge in [0.1, 0.15) is 11.6 Å². The molecule has 0 aliphatic carbocycles. The summed E-state index contributed by atoms with van der Waals surface area (Å²) >= 11 is 1.52. The van der Waals surface area contributed by atoms with Crippen LogP contribution in [0.15, 0.2) is 30.6 Å². The van der Waals surface area contributed by atoms with Gasteiger partial charge in [0.15, 0.2) is 0 Å². The van der Waals surface area contributed by atoms with Gasteiger partial charge in [-0.2, -0.15) is 14.9 Å². The van der Waals surface area contributed by atoms with E-state index in [-0.39, 0.29) is 11.8 Å². The Morgan fingerprint density at radius 1 is 1.33 bits per heavy atom. The number of hydrogen-bond donors (Lipinski definition) is 1. The minimum absolute atomic E-state index is 0.0300. The van der Waals surface area contributed by atoms with Crippen LogP contribution in [-0.4, -0.2) is 37.1 Å². The summed E-state index contributed by atoms with van der Waals surface area (Å²) in [4.78, 5) is 17.3. The molecule has 0 radical (unpaired) electrons. The molecule has 1 aliphatic heterocycles. The van der Waals surface area contributed by atoms with Gasteiger partial charge in [0.25, 0.3) is 0 Å². The molecule has 0 saturated heterocycles. The van der Waals surface area contributed by atoms with Crippen LogP contribution >= 0.6 is 11.3 Å². The van der Waals surface area contributed by atoms with Crippen LogP contribution in [0, 0.1) is 6.92 Å². The number of amides is 1. The number of thiazole rings is 1. The van der Waals surface area contributed by atoms with Gasteiger partial charge in [-0.1, -0.05) is 11.3 Å². The second-order valence-corrected chi connectivity index (χ2v) is 8.26. The number of fused-ring (bicyclic) bond motifs is 2. The maximum Gasteiger partial charge on any atom is 0.226 e. The average molecular weight is 423 g/mol. The Morgan fingerprint density at radius 2 is 2.20 bits per heavy atom. The SMILES string of the molecule is CCOc1ccc2nc(-n3nc(C)c4c3NC(=O)CC4c3cnn(CC)c3)sc2c1. The van der Waals surface area contributed by atoms with Crippen LogP contribution in [0.1, 0.15) is 43.0 Å². The Kier molecular flexibility index (Phi) is 4.54. The maximum absolute atomic E-state index is 12.6. The first-order valence-corrected chi connectivity index (χ1v) is 10.8. The molecule has 8 nitrogen and oxygen atoms in total. The molecule has 1 amide bonds. The van der Waals surface area contributed by atoms with Crippen molar-refractivity contribution in [3.63, 3.8) is 0 Å². The van der Waals surface area contributed by atoms with E-state index in [4.69, 9.17) is 14.8 Å². The number of rotatable bonds is 5. The summed E-state index contributed by atoms with van der Waals surface area (Å²) in [6.45, 7) is 7.39. The molecule has 154 valence electrons. The Balaban J connectivity index is 1.61. The molecule has 3 aromatic heterocycles. The van der Waals surface area contributed by atoms with Crippen LogP contribution in [0.3, 0.4) is 0 Å². The Bertz CT molecular complexity index is 1250. The fourth-order valence-corrected chi connectivity index (χ4v) is 4.90. The third-order valence-electron chi connectivity index (χ3n) is 5.32. The molecule has 0 saturated carbocycles. The number of carbonyl (C=O) groups is 1. The van der Waals surface area contributed by atoms with Crippen molar-refractivity contribution in [2.75, 3.05) is 11.9 Å². The quantitative estimate of drug-likeness (QED) is 0.527. The maximum atomic E-state index is 12.6. The lowest BCUT2D eigenvalue weighted by Crippen LogP contribution is -2.24. The van der Waals surface area contributed by atoms with Gasteiger partial charge in [-0.3, -0.25) is 9.48 Å². The highest BCUT2D eigenvalue weighted by Gasteiger charge is 2.34. The smallest absolute Gasteiger partial charge is 0.226 e. The summed E-state index contributed by atoms with van der Waals surface area (Å²) in [6.07, 6.45) is 4.24. The van der Waals surface area contributed by atoms with Gasteiger partial charge in [-0.25, -0.2) is 4.98 Å². The molecular formula is C21H22N6O2S. The molecule has 9 heteroatoms. The highest BCUT2D eigenvalue weighted by molar-refractivity contribution is 7.20. The van der Waals surface area contributed by atoms with E-state index in [1.807, 2.05) is 56.0 Å². The standard InChI is InChI=1S/C21H22N6O2S/c1-4-26-11-13(10-22-26)15-9-18(28)24-20-19(15)12(3)25-27(20)21-23-16-7-6-14(29-5-2)8-17(16)30-21/h6-8,10-11,15H,4-5,9H2,1-3H3,(H,24,28). The molecule has 0 spiro atoms. The summed E-state index contributed by atoms with van der Waals surface area (Å²) < 4.78 is 10.3. The van der Waals surface area contributed by atoms with Gasteiger partial charge in [0.2, 0.25) is 11.0 Å². The fraction of sp³-hybridized carbons (Fsp3) is 0.333. The van der Waals surface area contributed by atoms with Crippen LogP contribution in [-0.2, 0) is 11.3 Å². The van der Waals surface area contributed by atoms with Crippen molar-refractivity contribution in [3.8, 4) is 10.9 Å². The number of hydrogen-bond acceptors (Lipinski definition) is 6. The van der Waals surface area contributed by atoms with Crippen molar-refractivity contribution in [1.29, 1.82) is 0 Å². The zero-order valence-corrected chi connectivity index (χ0v) is 17.9. The van der Waals surface area contributed by atoms with Crippen LogP contribution in [0.4, 0.5) is 5.82 Å². The van der Waals surface area contributed by atoms with Crippen molar-refractivity contribution in [1.82, 2.24) is 24.5 Å². The number of aryl methyl sites for hydroxylation is 2. The Hall–Kier alpha value is -3.20. The number of benzene rings is 1. The van der Waals surface area contributed by atoms with Crippen molar-refractivity contribution in [3.05, 3.63) is 47.4 Å². The molecule has 1 aromatic carbocycles. The lowest BCUT2D eigenvalue weighted by molar-refractivity contribution is -0.116. The van der Waals surface area contributed by atoms with E-state index in [9.17, 15) is 4.79 Å². The van der Waals surface area contributed by atoms with Gasteiger partial charge < -0.3 is 10.1 Å². The fourth-order valence-electron chi connectivity index (χ4n) is 3.94. The molecule has 30 heavy (non-hydrogen) atoms. The largest absolute Gasteiger partial charge is 0.494 e. The molecule has 1 atom stereocenters. The Labute approximate surface area is 177 Å². The molecule has 4 heterocycles. The average Bonchev–Trinajstić information content (AvgIpc) is 3.44. The zero-order valence-electron chi connectivity index (χ0n) is 17.0. The van der Waals surface area contributed by atoms with E-state index in [1.54, 1.807) is 4.68 Å². The normalized spacial score (nSPS) is 16.0. The first-order chi connectivity index (χ1) is 14.6. The molecule has 1 N–H and O–H groups in total. The molecular weight excluding hydrogens is 400 g/mol. The summed E-state index contributed by atoms with van der Waals surface area (Å²) in [5.41, 5.74) is 3.82. The molecule has 0 fully saturated rings. The predicted molar refractivity (Wildman–Crippen MR) is 116 cm³/mol. The summed E-state index contributed by atoms with van der Waals surface area (Å²) in [7, 11) is 0. The number of nitrogens with one attached hydrogen (secondary N) is 1.